The molecule has 63 heavy (non-hydrogen) atoms. The van der Waals surface area contributed by atoms with Gasteiger partial charge in [-0.3, -0.25) is 33.8 Å². The molecule has 5 aromatic rings. The largest absolute Gasteiger partial charge is 0.480 e. The molecule has 2 aromatic carbocycles. The van der Waals surface area contributed by atoms with Crippen LogP contribution in [-0.2, 0) is 43.9 Å². The summed E-state index contributed by atoms with van der Waals surface area (Å²) in [5, 5.41) is 13.0. The molecular weight excluding hydrogens is 828 g/mol. The first-order chi connectivity index (χ1) is 30.1. The number of likely N-dealkylation sites (N-methyl/N-ethyl adjacent to an activating group) is 1. The number of H-pyrrole nitrogens is 1. The minimum Gasteiger partial charge on any atom is -0.480 e. The lowest BCUT2D eigenvalue weighted by Gasteiger charge is -2.27. The van der Waals surface area contributed by atoms with Gasteiger partial charge in [0.25, 0.3) is 5.56 Å². The maximum Gasteiger partial charge on any atom is 0.332 e. The number of carbonyl (C=O) groups is 3. The van der Waals surface area contributed by atoms with E-state index in [1.54, 1.807) is 20.0 Å². The topological polar surface area (TPSA) is 194 Å². The van der Waals surface area contributed by atoms with Crippen LogP contribution in [0, 0.1) is 5.92 Å². The summed E-state index contributed by atoms with van der Waals surface area (Å²) in [4.78, 5) is 74.7. The number of rotatable bonds is 17. The minimum atomic E-state index is -0.987. The van der Waals surface area contributed by atoms with Gasteiger partial charge in [0.1, 0.15) is 23.7 Å². The SMILES string of the molecule is CC(C)Cn1c(=O)n(C)c(=O)c2[nH]cnc21.CCOC(=O)[C@H](CCc1ccccc1)N[C@@H](C)C(=O)N1CCC[C@H]1C(=O)O.CN(C)CCOC(c1ccc(Cl)cc1)c1ccccn1. The standard InChI is InChI=1S/C20H28N2O5.C16H19ClN2O.C10H14N4O2/c1-3-27-20(26)16(12-11-15-8-5-4-6-9-15)21-14(2)18(23)22-13-7-10-17(22)19(24)25;1-19(2)11-12-20-16(15-5-3-4-10-18-15)13-6-8-14(17)9-7-13;1-6(2)4-14-8-7(11-5-12-8)9(15)13(3)10(14)16/h4-6,8-9,14,16-17,21H,3,7,10-13H2,1-2H3,(H,24,25);3-10,16H,11-12H2,1-2H3;5-6H,4H2,1-3H3,(H,11,12)/t14-,16-,17-;;/m0../s1. The molecule has 1 amide bonds. The number of hydrogen-bond acceptors (Lipinski definition) is 11. The van der Waals surface area contributed by atoms with Crippen LogP contribution in [0.3, 0.4) is 0 Å². The third kappa shape index (κ3) is 14.7. The molecule has 1 aliphatic rings. The number of carbonyl (C=O) groups excluding carboxylic acids is 2. The number of benzene rings is 2. The molecule has 1 saturated heterocycles. The van der Waals surface area contributed by atoms with Crippen molar-refractivity contribution in [1.82, 2.24) is 39.2 Å². The van der Waals surface area contributed by atoms with Crippen LogP contribution in [0.15, 0.2) is 94.9 Å². The van der Waals surface area contributed by atoms with Crippen LogP contribution >= 0.6 is 11.6 Å². The Bertz CT molecular complexity index is 2320. The number of esters is 1. The number of pyridine rings is 1. The van der Waals surface area contributed by atoms with E-state index in [2.05, 4.69) is 25.2 Å². The number of aromatic amines is 1. The van der Waals surface area contributed by atoms with Crippen LogP contribution in [-0.4, -0.2) is 115 Å². The quantitative estimate of drug-likeness (QED) is 0.105. The molecule has 3 N–H and O–H groups in total. The van der Waals surface area contributed by atoms with E-state index in [0.717, 1.165) is 33.0 Å². The van der Waals surface area contributed by atoms with E-state index in [9.17, 15) is 29.1 Å². The van der Waals surface area contributed by atoms with Crippen LogP contribution < -0.4 is 16.6 Å². The van der Waals surface area contributed by atoms with Crippen LogP contribution in [0.1, 0.15) is 69.9 Å². The van der Waals surface area contributed by atoms with E-state index in [4.69, 9.17) is 21.1 Å². The third-order valence-corrected chi connectivity index (χ3v) is 10.4. The zero-order chi connectivity index (χ0) is 46.1. The first-order valence-electron chi connectivity index (χ1n) is 21.2. The summed E-state index contributed by atoms with van der Waals surface area (Å²) in [6.45, 7) is 10.2. The summed E-state index contributed by atoms with van der Waals surface area (Å²) in [6.07, 6.45) is 5.35. The molecule has 1 unspecified atom stereocenters. The molecular formula is C46H61ClN8O8. The Morgan fingerprint density at radius 3 is 2.32 bits per heavy atom. The number of fused-ring (bicyclic) bond motifs is 1. The van der Waals surface area contributed by atoms with Crippen LogP contribution in [0.5, 0.6) is 0 Å². The van der Waals surface area contributed by atoms with Crippen molar-refractivity contribution in [2.45, 2.75) is 84.2 Å². The molecule has 0 saturated carbocycles. The zero-order valence-corrected chi connectivity index (χ0v) is 38.0. The van der Waals surface area contributed by atoms with Crippen molar-refractivity contribution >= 4 is 40.6 Å². The van der Waals surface area contributed by atoms with Gasteiger partial charge in [0.05, 0.1) is 31.3 Å². The molecule has 1 aliphatic heterocycles. The van der Waals surface area contributed by atoms with Gasteiger partial charge in [-0.05, 0) is 94.9 Å². The Morgan fingerprint density at radius 2 is 1.70 bits per heavy atom. The Morgan fingerprint density at radius 1 is 1.00 bits per heavy atom. The fourth-order valence-corrected chi connectivity index (χ4v) is 7.08. The Hall–Kier alpha value is -5.68. The van der Waals surface area contributed by atoms with Crippen LogP contribution in [0.4, 0.5) is 0 Å². The van der Waals surface area contributed by atoms with Crippen molar-refractivity contribution in [3.8, 4) is 0 Å². The highest BCUT2D eigenvalue weighted by atomic mass is 35.5. The summed E-state index contributed by atoms with van der Waals surface area (Å²) in [5.41, 5.74) is 3.22. The molecule has 0 spiro atoms. The fraction of sp³-hybridized carbons (Fsp3) is 0.457. The summed E-state index contributed by atoms with van der Waals surface area (Å²) in [7, 11) is 5.53. The molecule has 0 bridgehead atoms. The monoisotopic (exact) mass is 888 g/mol. The molecule has 4 atom stereocenters. The lowest BCUT2D eigenvalue weighted by atomic mass is 10.0. The average molecular weight is 889 g/mol. The summed E-state index contributed by atoms with van der Waals surface area (Å²) in [6, 6.07) is 21.3. The number of nitrogens with one attached hydrogen (secondary N) is 2. The van der Waals surface area contributed by atoms with Gasteiger partial charge in [-0.1, -0.05) is 74.0 Å². The second-order valence-electron chi connectivity index (χ2n) is 15.9. The molecule has 17 heteroatoms. The Balaban J connectivity index is 0.000000215. The van der Waals surface area contributed by atoms with Crippen molar-refractivity contribution in [1.29, 1.82) is 0 Å². The number of ether oxygens (including phenoxy) is 2. The first-order valence-corrected chi connectivity index (χ1v) is 21.6. The number of hydrogen-bond donors (Lipinski definition) is 3. The van der Waals surface area contributed by atoms with Crippen molar-refractivity contribution in [3.63, 3.8) is 0 Å². The second-order valence-corrected chi connectivity index (χ2v) is 16.3. The lowest BCUT2D eigenvalue weighted by Crippen LogP contribution is -2.53. The number of aromatic nitrogens is 5. The molecule has 16 nitrogen and oxygen atoms in total. The van der Waals surface area contributed by atoms with Crippen molar-refractivity contribution in [3.05, 3.63) is 128 Å². The molecule has 4 heterocycles. The molecule has 6 rings (SSSR count). The number of imidazole rings is 1. The smallest absolute Gasteiger partial charge is 0.332 e. The Kier molecular flexibility index (Phi) is 19.7. The number of halogens is 1. The number of aryl methyl sites for hydroxylation is 1. The lowest BCUT2D eigenvalue weighted by molar-refractivity contribution is -0.150. The number of likely N-dealkylation sites (tertiary alicyclic amines) is 1. The highest BCUT2D eigenvalue weighted by molar-refractivity contribution is 6.30. The first kappa shape index (κ1) is 50.0. The molecule has 340 valence electrons. The predicted molar refractivity (Wildman–Crippen MR) is 243 cm³/mol. The van der Waals surface area contributed by atoms with Gasteiger partial charge in [-0.25, -0.2) is 14.6 Å². The predicted octanol–water partition coefficient (Wildman–Crippen LogP) is 5.09. The van der Waals surface area contributed by atoms with Gasteiger partial charge >= 0.3 is 17.6 Å². The molecule has 3 aromatic heterocycles. The summed E-state index contributed by atoms with van der Waals surface area (Å²) >= 11 is 5.95. The van der Waals surface area contributed by atoms with Gasteiger partial charge in [0.2, 0.25) is 5.91 Å². The van der Waals surface area contributed by atoms with Gasteiger partial charge in [-0.15, -0.1) is 0 Å². The number of carboxylic acid groups (broad SMARTS) is 1. The van der Waals surface area contributed by atoms with Crippen LogP contribution in [0.25, 0.3) is 11.2 Å². The number of carboxylic acids is 1. The van der Waals surface area contributed by atoms with Crippen molar-refractivity contribution in [2.24, 2.45) is 13.0 Å². The van der Waals surface area contributed by atoms with E-state index in [0.29, 0.717) is 62.5 Å². The van der Waals surface area contributed by atoms with Gasteiger partial charge in [0, 0.05) is 37.9 Å². The number of aliphatic carboxylic acids is 1. The average Bonchev–Trinajstić information content (AvgIpc) is 3.98. The van der Waals surface area contributed by atoms with E-state index in [1.165, 1.54) is 22.8 Å². The maximum absolute atomic E-state index is 12.7. The summed E-state index contributed by atoms with van der Waals surface area (Å²) in [5.74, 6) is -1.37. The summed E-state index contributed by atoms with van der Waals surface area (Å²) < 4.78 is 13.8. The van der Waals surface area contributed by atoms with Crippen molar-refractivity contribution < 1.29 is 29.0 Å². The molecule has 1 fully saturated rings. The number of nitrogens with zero attached hydrogens (tertiary/aromatic N) is 6. The van der Waals surface area contributed by atoms with E-state index in [1.807, 2.05) is 101 Å². The third-order valence-electron chi connectivity index (χ3n) is 10.2. The van der Waals surface area contributed by atoms with E-state index < -0.39 is 30.1 Å². The number of amides is 1. The molecule has 0 aliphatic carbocycles. The van der Waals surface area contributed by atoms with Crippen LogP contribution in [0.2, 0.25) is 5.02 Å². The van der Waals surface area contributed by atoms with Gasteiger partial charge in [-0.2, -0.15) is 0 Å². The second kappa shape index (κ2) is 24.8. The highest BCUT2D eigenvalue weighted by Gasteiger charge is 2.37. The normalized spacial score (nSPS) is 15.0. The molecule has 0 radical (unpaired) electrons. The maximum atomic E-state index is 12.7. The van der Waals surface area contributed by atoms with E-state index in [-0.39, 0.29) is 29.9 Å². The minimum absolute atomic E-state index is 0.159. The Labute approximate surface area is 373 Å². The van der Waals surface area contributed by atoms with Gasteiger partial charge in [0.15, 0.2) is 5.65 Å². The van der Waals surface area contributed by atoms with E-state index >= 15 is 0 Å². The zero-order valence-electron chi connectivity index (χ0n) is 37.2. The fourth-order valence-electron chi connectivity index (χ4n) is 6.96. The highest BCUT2D eigenvalue weighted by Crippen LogP contribution is 2.26. The van der Waals surface area contributed by atoms with Gasteiger partial charge < -0.3 is 29.4 Å². The van der Waals surface area contributed by atoms with Crippen molar-refractivity contribution in [2.75, 3.05) is 40.4 Å².